The Hall–Kier alpha value is -3.47. The standard InChI is InChI=1S/C26H26N4O/c1-17-10-12-30(13-11-17)26(31)24-18(2)8-9-22(28-24)21-14-20-15-23(29-25(20)27-16-21)19-6-4-3-5-7-19/h3-9,14-17H,10-13H2,1-2H3,(H,27,29). The first-order valence-corrected chi connectivity index (χ1v) is 10.9. The van der Waals surface area contributed by atoms with Crippen molar-refractivity contribution in [3.63, 3.8) is 0 Å². The zero-order chi connectivity index (χ0) is 21.4. The topological polar surface area (TPSA) is 61.9 Å². The smallest absolute Gasteiger partial charge is 0.272 e. The van der Waals surface area contributed by atoms with Crippen LogP contribution in [0.25, 0.3) is 33.5 Å². The highest BCUT2D eigenvalue weighted by molar-refractivity contribution is 5.94. The summed E-state index contributed by atoms with van der Waals surface area (Å²) < 4.78 is 0. The average molecular weight is 411 g/mol. The number of benzene rings is 1. The molecule has 0 bridgehead atoms. The molecule has 3 aromatic heterocycles. The minimum absolute atomic E-state index is 0.0355. The van der Waals surface area contributed by atoms with E-state index >= 15 is 0 Å². The number of aryl methyl sites for hydroxylation is 1. The van der Waals surface area contributed by atoms with Crippen LogP contribution in [-0.4, -0.2) is 38.8 Å². The maximum atomic E-state index is 13.1. The van der Waals surface area contributed by atoms with Gasteiger partial charge in [-0.3, -0.25) is 4.79 Å². The number of nitrogens with one attached hydrogen (secondary N) is 1. The summed E-state index contributed by atoms with van der Waals surface area (Å²) in [5.41, 5.74) is 6.14. The number of likely N-dealkylation sites (tertiary alicyclic amines) is 1. The van der Waals surface area contributed by atoms with E-state index in [1.54, 1.807) is 0 Å². The number of hydrogen-bond donors (Lipinski definition) is 1. The Morgan fingerprint density at radius 2 is 1.81 bits per heavy atom. The maximum absolute atomic E-state index is 13.1. The third-order valence-corrected chi connectivity index (χ3v) is 6.22. The number of carbonyl (C=O) groups excluding carboxylic acids is 1. The van der Waals surface area contributed by atoms with Gasteiger partial charge in [0.2, 0.25) is 0 Å². The lowest BCUT2D eigenvalue weighted by molar-refractivity contribution is 0.0690. The van der Waals surface area contributed by atoms with Crippen molar-refractivity contribution in [2.75, 3.05) is 13.1 Å². The first kappa shape index (κ1) is 19.5. The fraction of sp³-hybridized carbons (Fsp3) is 0.269. The average Bonchev–Trinajstić information content (AvgIpc) is 3.23. The van der Waals surface area contributed by atoms with Crippen LogP contribution < -0.4 is 0 Å². The van der Waals surface area contributed by atoms with Gasteiger partial charge in [-0.15, -0.1) is 0 Å². The van der Waals surface area contributed by atoms with Gasteiger partial charge in [-0.05, 0) is 55.0 Å². The van der Waals surface area contributed by atoms with Crippen molar-refractivity contribution < 1.29 is 4.79 Å². The van der Waals surface area contributed by atoms with Crippen LogP contribution in [0.2, 0.25) is 0 Å². The van der Waals surface area contributed by atoms with Crippen molar-refractivity contribution >= 4 is 16.9 Å². The molecule has 0 atom stereocenters. The number of aromatic amines is 1. The van der Waals surface area contributed by atoms with E-state index in [2.05, 4.69) is 41.2 Å². The van der Waals surface area contributed by atoms with Crippen LogP contribution in [-0.2, 0) is 0 Å². The van der Waals surface area contributed by atoms with E-state index in [1.165, 1.54) is 0 Å². The van der Waals surface area contributed by atoms with Crippen LogP contribution >= 0.6 is 0 Å². The van der Waals surface area contributed by atoms with Gasteiger partial charge >= 0.3 is 0 Å². The number of nitrogens with zero attached hydrogens (tertiary/aromatic N) is 3. The number of fused-ring (bicyclic) bond motifs is 1. The summed E-state index contributed by atoms with van der Waals surface area (Å²) in [5.74, 6) is 0.720. The summed E-state index contributed by atoms with van der Waals surface area (Å²) in [6, 6.07) is 18.4. The summed E-state index contributed by atoms with van der Waals surface area (Å²) in [7, 11) is 0. The fourth-order valence-corrected chi connectivity index (χ4v) is 4.20. The molecule has 0 spiro atoms. The van der Waals surface area contributed by atoms with Gasteiger partial charge in [0.15, 0.2) is 0 Å². The predicted molar refractivity (Wildman–Crippen MR) is 124 cm³/mol. The Morgan fingerprint density at radius 1 is 1.03 bits per heavy atom. The van der Waals surface area contributed by atoms with Gasteiger partial charge in [0.05, 0.1) is 5.69 Å². The monoisotopic (exact) mass is 410 g/mol. The van der Waals surface area contributed by atoms with E-state index in [9.17, 15) is 4.79 Å². The Labute approximate surface area is 182 Å². The first-order valence-electron chi connectivity index (χ1n) is 10.9. The lowest BCUT2D eigenvalue weighted by atomic mass is 9.98. The number of H-pyrrole nitrogens is 1. The van der Waals surface area contributed by atoms with Crippen LogP contribution in [0.3, 0.4) is 0 Å². The number of carbonyl (C=O) groups is 1. The highest BCUT2D eigenvalue weighted by atomic mass is 16.2. The molecule has 156 valence electrons. The molecule has 4 heterocycles. The van der Waals surface area contributed by atoms with Crippen molar-refractivity contribution in [3.05, 3.63) is 72.1 Å². The molecule has 1 aliphatic rings. The van der Waals surface area contributed by atoms with Crippen molar-refractivity contribution in [2.24, 2.45) is 5.92 Å². The van der Waals surface area contributed by atoms with E-state index in [4.69, 9.17) is 4.98 Å². The van der Waals surface area contributed by atoms with Gasteiger partial charge in [-0.2, -0.15) is 0 Å². The molecular formula is C26H26N4O. The zero-order valence-electron chi connectivity index (χ0n) is 17.9. The van der Waals surface area contributed by atoms with Gasteiger partial charge in [0.1, 0.15) is 11.3 Å². The van der Waals surface area contributed by atoms with E-state index in [-0.39, 0.29) is 5.91 Å². The second-order valence-corrected chi connectivity index (χ2v) is 8.55. The van der Waals surface area contributed by atoms with Crippen molar-refractivity contribution in [1.82, 2.24) is 19.9 Å². The van der Waals surface area contributed by atoms with Crippen molar-refractivity contribution in [2.45, 2.75) is 26.7 Å². The zero-order valence-corrected chi connectivity index (χ0v) is 17.9. The van der Waals surface area contributed by atoms with Crippen molar-refractivity contribution in [3.8, 4) is 22.5 Å². The number of amides is 1. The maximum Gasteiger partial charge on any atom is 0.272 e. The highest BCUT2D eigenvalue weighted by Crippen LogP contribution is 2.27. The van der Waals surface area contributed by atoms with Crippen LogP contribution in [0.1, 0.15) is 35.8 Å². The molecule has 5 heteroatoms. The molecule has 0 radical (unpaired) electrons. The largest absolute Gasteiger partial charge is 0.339 e. The predicted octanol–water partition coefficient (Wildman–Crippen LogP) is 5.47. The normalized spacial score (nSPS) is 14.8. The number of rotatable bonds is 3. The molecule has 4 aromatic rings. The lowest BCUT2D eigenvalue weighted by Crippen LogP contribution is -2.38. The number of hydrogen-bond acceptors (Lipinski definition) is 3. The minimum Gasteiger partial charge on any atom is -0.339 e. The molecule has 0 aliphatic carbocycles. The van der Waals surface area contributed by atoms with Crippen LogP contribution in [0.5, 0.6) is 0 Å². The summed E-state index contributed by atoms with van der Waals surface area (Å²) in [4.78, 5) is 27.8. The van der Waals surface area contributed by atoms with Crippen LogP contribution in [0.15, 0.2) is 60.8 Å². The van der Waals surface area contributed by atoms with E-state index in [1.807, 2.05) is 48.4 Å². The lowest BCUT2D eigenvalue weighted by Gasteiger charge is -2.30. The molecule has 5 rings (SSSR count). The van der Waals surface area contributed by atoms with Gasteiger partial charge in [0, 0.05) is 35.9 Å². The van der Waals surface area contributed by atoms with Gasteiger partial charge in [0.25, 0.3) is 5.91 Å². The molecule has 1 fully saturated rings. The Bertz CT molecular complexity index is 1240. The third-order valence-electron chi connectivity index (χ3n) is 6.22. The Kier molecular flexibility index (Phi) is 5.02. The molecule has 1 amide bonds. The van der Waals surface area contributed by atoms with Crippen LogP contribution in [0.4, 0.5) is 0 Å². The molecule has 0 saturated carbocycles. The second kappa shape index (κ2) is 7.99. The minimum atomic E-state index is 0.0355. The number of piperidine rings is 1. The quantitative estimate of drug-likeness (QED) is 0.487. The van der Waals surface area contributed by atoms with Crippen molar-refractivity contribution in [1.29, 1.82) is 0 Å². The third kappa shape index (κ3) is 3.83. The highest BCUT2D eigenvalue weighted by Gasteiger charge is 2.24. The second-order valence-electron chi connectivity index (χ2n) is 8.55. The van der Waals surface area contributed by atoms with Gasteiger partial charge in [-0.1, -0.05) is 43.3 Å². The summed E-state index contributed by atoms with van der Waals surface area (Å²) in [6.45, 7) is 5.82. The van der Waals surface area contributed by atoms with E-state index in [0.29, 0.717) is 11.6 Å². The Morgan fingerprint density at radius 3 is 2.58 bits per heavy atom. The summed E-state index contributed by atoms with van der Waals surface area (Å²) in [5, 5.41) is 1.02. The molecule has 1 aliphatic heterocycles. The van der Waals surface area contributed by atoms with E-state index < -0.39 is 0 Å². The molecule has 1 aromatic carbocycles. The molecule has 1 saturated heterocycles. The molecular weight excluding hydrogens is 384 g/mol. The molecule has 5 nitrogen and oxygen atoms in total. The molecule has 31 heavy (non-hydrogen) atoms. The first-order chi connectivity index (χ1) is 15.1. The fourth-order valence-electron chi connectivity index (χ4n) is 4.20. The summed E-state index contributed by atoms with van der Waals surface area (Å²) >= 11 is 0. The molecule has 0 unspecified atom stereocenters. The van der Waals surface area contributed by atoms with Crippen LogP contribution in [0, 0.1) is 12.8 Å². The van der Waals surface area contributed by atoms with Gasteiger partial charge < -0.3 is 9.88 Å². The Balaban J connectivity index is 1.47. The SMILES string of the molecule is Cc1ccc(-c2cnc3[nH]c(-c4ccccc4)cc3c2)nc1C(=O)N1CCC(C)CC1. The number of pyridine rings is 2. The van der Waals surface area contributed by atoms with E-state index in [0.717, 1.165) is 65.0 Å². The molecule has 1 N–H and O–H groups in total. The van der Waals surface area contributed by atoms with Gasteiger partial charge in [-0.25, -0.2) is 9.97 Å². The number of aromatic nitrogens is 3. The summed E-state index contributed by atoms with van der Waals surface area (Å²) in [6.07, 6.45) is 3.94.